The molecule has 2 aromatic rings. The minimum Gasteiger partial charge on any atom is -0.494 e. The van der Waals surface area contributed by atoms with Crippen molar-refractivity contribution in [2.75, 3.05) is 17.7 Å². The van der Waals surface area contributed by atoms with Gasteiger partial charge >= 0.3 is 0 Å². The van der Waals surface area contributed by atoms with Gasteiger partial charge in [-0.2, -0.15) is 0 Å². The predicted molar refractivity (Wildman–Crippen MR) is 102 cm³/mol. The van der Waals surface area contributed by atoms with Crippen LogP contribution in [0.5, 0.6) is 5.75 Å². The number of nitrogen functional groups attached to an aromatic ring is 1. The largest absolute Gasteiger partial charge is 0.494 e. The van der Waals surface area contributed by atoms with Gasteiger partial charge in [0.15, 0.2) is 0 Å². The summed E-state index contributed by atoms with van der Waals surface area (Å²) in [5, 5.41) is 2.89. The molecule has 0 radical (unpaired) electrons. The smallest absolute Gasteiger partial charge is 0.224 e. The highest BCUT2D eigenvalue weighted by atomic mass is 35.5. The van der Waals surface area contributed by atoms with Gasteiger partial charge in [0.25, 0.3) is 0 Å². The maximum Gasteiger partial charge on any atom is 0.224 e. The van der Waals surface area contributed by atoms with Crippen molar-refractivity contribution < 1.29 is 9.53 Å². The summed E-state index contributed by atoms with van der Waals surface area (Å²) in [6, 6.07) is 11.5. The first-order valence-electron chi connectivity index (χ1n) is 7.82. The van der Waals surface area contributed by atoms with E-state index in [-0.39, 0.29) is 18.3 Å². The molecule has 1 amide bonds. The van der Waals surface area contributed by atoms with Crippen molar-refractivity contribution in [2.45, 2.75) is 33.6 Å². The lowest BCUT2D eigenvalue weighted by Gasteiger charge is -2.10. The summed E-state index contributed by atoms with van der Waals surface area (Å²) in [7, 11) is 0. The first-order valence-corrected chi connectivity index (χ1v) is 7.82. The lowest BCUT2D eigenvalue weighted by atomic mass is 10.1. The van der Waals surface area contributed by atoms with Crippen molar-refractivity contribution in [2.24, 2.45) is 0 Å². The Kier molecular flexibility index (Phi) is 7.59. The number of halogens is 1. The number of nitrogens with two attached hydrogens (primary N) is 1. The molecule has 130 valence electrons. The number of amides is 1. The molecule has 0 bridgehead atoms. The maximum absolute atomic E-state index is 12.0. The first kappa shape index (κ1) is 19.8. The Balaban J connectivity index is 0.00000288. The van der Waals surface area contributed by atoms with Crippen LogP contribution in [0.15, 0.2) is 36.4 Å². The summed E-state index contributed by atoms with van der Waals surface area (Å²) in [6.45, 7) is 6.59. The van der Waals surface area contributed by atoms with E-state index >= 15 is 0 Å². The monoisotopic (exact) mass is 348 g/mol. The second-order valence-electron chi connectivity index (χ2n) is 5.82. The number of anilines is 2. The molecule has 0 atom stereocenters. The van der Waals surface area contributed by atoms with Crippen molar-refractivity contribution in [1.29, 1.82) is 0 Å². The van der Waals surface area contributed by atoms with E-state index < -0.39 is 0 Å². The van der Waals surface area contributed by atoms with Crippen LogP contribution in [-0.4, -0.2) is 12.5 Å². The SMILES string of the molecule is Cc1ccc(OCCCC(=O)Nc2cc(N)ccc2C)cc1C.Cl. The number of hydrogen-bond acceptors (Lipinski definition) is 3. The second kappa shape index (κ2) is 9.18. The van der Waals surface area contributed by atoms with E-state index in [9.17, 15) is 4.79 Å². The van der Waals surface area contributed by atoms with Crippen molar-refractivity contribution in [3.63, 3.8) is 0 Å². The number of benzene rings is 2. The molecular weight excluding hydrogens is 324 g/mol. The van der Waals surface area contributed by atoms with Crippen molar-refractivity contribution in [3.8, 4) is 5.75 Å². The molecule has 3 N–H and O–H groups in total. The Hall–Kier alpha value is -2.20. The third-order valence-electron chi connectivity index (χ3n) is 3.83. The molecule has 2 aromatic carbocycles. The normalized spacial score (nSPS) is 9.96. The Morgan fingerprint density at radius 1 is 1.04 bits per heavy atom. The molecule has 0 spiro atoms. The van der Waals surface area contributed by atoms with Crippen LogP contribution in [-0.2, 0) is 4.79 Å². The molecule has 5 heteroatoms. The highest BCUT2D eigenvalue weighted by molar-refractivity contribution is 5.92. The molecule has 0 saturated heterocycles. The Morgan fingerprint density at radius 3 is 2.46 bits per heavy atom. The van der Waals surface area contributed by atoms with Crippen molar-refractivity contribution >= 4 is 29.7 Å². The van der Waals surface area contributed by atoms with E-state index in [1.54, 1.807) is 6.07 Å². The third-order valence-corrected chi connectivity index (χ3v) is 3.83. The predicted octanol–water partition coefficient (Wildman–Crippen LogP) is 4.41. The third kappa shape index (κ3) is 5.78. The molecule has 0 aliphatic carbocycles. The molecule has 0 aliphatic heterocycles. The molecule has 0 saturated carbocycles. The minimum absolute atomic E-state index is 0. The molecular formula is C19H25ClN2O2. The second-order valence-corrected chi connectivity index (χ2v) is 5.82. The highest BCUT2D eigenvalue weighted by Gasteiger charge is 2.05. The van der Waals surface area contributed by atoms with Gasteiger partial charge in [-0.15, -0.1) is 12.4 Å². The van der Waals surface area contributed by atoms with Gasteiger partial charge < -0.3 is 15.8 Å². The summed E-state index contributed by atoms with van der Waals surface area (Å²) >= 11 is 0. The summed E-state index contributed by atoms with van der Waals surface area (Å²) in [4.78, 5) is 12.0. The lowest BCUT2D eigenvalue weighted by molar-refractivity contribution is -0.116. The Labute approximate surface area is 149 Å². The fourth-order valence-corrected chi connectivity index (χ4v) is 2.21. The van der Waals surface area contributed by atoms with E-state index in [1.165, 1.54) is 11.1 Å². The Bertz CT molecular complexity index is 702. The van der Waals surface area contributed by atoms with Crippen LogP contribution < -0.4 is 15.8 Å². The minimum atomic E-state index is -0.0256. The van der Waals surface area contributed by atoms with Gasteiger partial charge in [-0.05, 0) is 68.1 Å². The topological polar surface area (TPSA) is 64.3 Å². The van der Waals surface area contributed by atoms with Crippen LogP contribution >= 0.6 is 12.4 Å². The van der Waals surface area contributed by atoms with Gasteiger partial charge in [0.1, 0.15) is 5.75 Å². The fraction of sp³-hybridized carbons (Fsp3) is 0.316. The zero-order valence-electron chi connectivity index (χ0n) is 14.4. The van der Waals surface area contributed by atoms with Gasteiger partial charge in [-0.3, -0.25) is 4.79 Å². The highest BCUT2D eigenvalue weighted by Crippen LogP contribution is 2.19. The Morgan fingerprint density at radius 2 is 1.75 bits per heavy atom. The van der Waals surface area contributed by atoms with Crippen LogP contribution in [0.25, 0.3) is 0 Å². The van der Waals surface area contributed by atoms with Crippen LogP contribution in [0, 0.1) is 20.8 Å². The number of carbonyl (C=O) groups is 1. The number of rotatable bonds is 6. The molecule has 0 unspecified atom stereocenters. The average Bonchev–Trinajstić information content (AvgIpc) is 2.51. The molecule has 0 aromatic heterocycles. The lowest BCUT2D eigenvalue weighted by Crippen LogP contribution is -2.13. The van der Waals surface area contributed by atoms with E-state index in [2.05, 4.69) is 19.2 Å². The number of nitrogens with one attached hydrogen (secondary N) is 1. The first-order chi connectivity index (χ1) is 11.0. The van der Waals surface area contributed by atoms with Crippen LogP contribution in [0.3, 0.4) is 0 Å². The number of carbonyl (C=O) groups excluding carboxylic acids is 1. The van der Waals surface area contributed by atoms with Gasteiger partial charge in [0.05, 0.1) is 6.61 Å². The number of aryl methyl sites for hydroxylation is 3. The molecule has 0 fully saturated rings. The zero-order valence-corrected chi connectivity index (χ0v) is 15.2. The van der Waals surface area contributed by atoms with Gasteiger partial charge in [0, 0.05) is 17.8 Å². The standard InChI is InChI=1S/C19H24N2O2.ClH/c1-13-7-9-17(11-15(13)3)23-10-4-5-19(22)21-18-12-16(20)8-6-14(18)2;/h6-9,11-12H,4-5,10,20H2,1-3H3,(H,21,22);1H. The van der Waals surface area contributed by atoms with Crippen molar-refractivity contribution in [3.05, 3.63) is 53.1 Å². The molecule has 24 heavy (non-hydrogen) atoms. The van der Waals surface area contributed by atoms with Crippen molar-refractivity contribution in [1.82, 2.24) is 0 Å². The quantitative estimate of drug-likeness (QED) is 0.600. The number of hydrogen-bond donors (Lipinski definition) is 2. The van der Waals surface area contributed by atoms with E-state index in [0.717, 1.165) is 17.0 Å². The summed E-state index contributed by atoms with van der Waals surface area (Å²) in [5.74, 6) is 0.822. The van der Waals surface area contributed by atoms with Gasteiger partial charge in [0.2, 0.25) is 5.91 Å². The molecule has 2 rings (SSSR count). The van der Waals surface area contributed by atoms with Crippen LogP contribution in [0.2, 0.25) is 0 Å². The molecule has 0 heterocycles. The average molecular weight is 349 g/mol. The summed E-state index contributed by atoms with van der Waals surface area (Å²) in [5.41, 5.74) is 10.6. The van der Waals surface area contributed by atoms with Gasteiger partial charge in [-0.25, -0.2) is 0 Å². The molecule has 0 aliphatic rings. The van der Waals surface area contributed by atoms with E-state index in [1.807, 2.05) is 37.3 Å². The molecule has 4 nitrogen and oxygen atoms in total. The fourth-order valence-electron chi connectivity index (χ4n) is 2.21. The summed E-state index contributed by atoms with van der Waals surface area (Å²) < 4.78 is 5.69. The van der Waals surface area contributed by atoms with Gasteiger partial charge in [-0.1, -0.05) is 12.1 Å². The zero-order chi connectivity index (χ0) is 16.8. The van der Waals surface area contributed by atoms with E-state index in [4.69, 9.17) is 10.5 Å². The summed E-state index contributed by atoms with van der Waals surface area (Å²) in [6.07, 6.45) is 1.08. The maximum atomic E-state index is 12.0. The van der Waals surface area contributed by atoms with Crippen LogP contribution in [0.4, 0.5) is 11.4 Å². The van der Waals surface area contributed by atoms with Crippen LogP contribution in [0.1, 0.15) is 29.5 Å². The number of ether oxygens (including phenoxy) is 1. The van der Waals surface area contributed by atoms with E-state index in [0.29, 0.717) is 25.1 Å².